The van der Waals surface area contributed by atoms with Crippen molar-refractivity contribution in [2.75, 3.05) is 0 Å². The number of rotatable bonds is 6. The first-order valence-corrected chi connectivity index (χ1v) is 7.64. The van der Waals surface area contributed by atoms with Crippen LogP contribution in [-0.2, 0) is 4.79 Å². The summed E-state index contributed by atoms with van der Waals surface area (Å²) in [6.07, 6.45) is 0.519. The molecule has 1 aromatic heterocycles. The molecular formula is C18H22N2O3. The van der Waals surface area contributed by atoms with Gasteiger partial charge in [-0.15, -0.1) is 0 Å². The first kappa shape index (κ1) is 16.8. The molecular weight excluding hydrogens is 292 g/mol. The van der Waals surface area contributed by atoms with Crippen LogP contribution in [0, 0.1) is 12.8 Å². The molecule has 0 fully saturated rings. The largest absolute Gasteiger partial charge is 0.461 e. The Labute approximate surface area is 135 Å². The third-order valence-corrected chi connectivity index (χ3v) is 3.53. The van der Waals surface area contributed by atoms with E-state index in [-0.39, 0.29) is 11.8 Å². The predicted molar refractivity (Wildman–Crippen MR) is 88.8 cm³/mol. The molecule has 1 aromatic carbocycles. The average molecular weight is 314 g/mol. The van der Waals surface area contributed by atoms with E-state index in [2.05, 4.69) is 5.32 Å². The molecule has 0 radical (unpaired) electrons. The van der Waals surface area contributed by atoms with E-state index in [9.17, 15) is 9.59 Å². The molecule has 0 spiro atoms. The SMILES string of the molecule is Cc1ccc(-c2ccc(C(=O)N[C@@H](CC(C)C)C(N)=O)cc2)o1. The molecule has 23 heavy (non-hydrogen) atoms. The second-order valence-corrected chi connectivity index (χ2v) is 6.05. The highest BCUT2D eigenvalue weighted by Gasteiger charge is 2.20. The van der Waals surface area contributed by atoms with E-state index < -0.39 is 11.9 Å². The van der Waals surface area contributed by atoms with Crippen molar-refractivity contribution in [3.05, 3.63) is 47.7 Å². The maximum Gasteiger partial charge on any atom is 0.251 e. The first-order valence-electron chi connectivity index (χ1n) is 7.64. The van der Waals surface area contributed by atoms with Gasteiger partial charge in [-0.05, 0) is 43.5 Å². The number of aryl methyl sites for hydroxylation is 1. The van der Waals surface area contributed by atoms with Crippen LogP contribution in [0.5, 0.6) is 0 Å². The first-order chi connectivity index (χ1) is 10.9. The predicted octanol–water partition coefficient (Wildman–Crippen LogP) is 2.88. The summed E-state index contributed by atoms with van der Waals surface area (Å²) in [5.74, 6) is 1.02. The number of nitrogens with two attached hydrogens (primary N) is 1. The fourth-order valence-electron chi connectivity index (χ4n) is 2.33. The van der Waals surface area contributed by atoms with Gasteiger partial charge in [-0.1, -0.05) is 26.0 Å². The van der Waals surface area contributed by atoms with E-state index in [0.717, 1.165) is 17.1 Å². The van der Waals surface area contributed by atoms with E-state index in [4.69, 9.17) is 10.2 Å². The maximum atomic E-state index is 12.3. The molecule has 1 heterocycles. The summed E-state index contributed by atoms with van der Waals surface area (Å²) in [5.41, 5.74) is 6.72. The number of amides is 2. The van der Waals surface area contributed by atoms with E-state index in [0.29, 0.717) is 12.0 Å². The van der Waals surface area contributed by atoms with Crippen molar-refractivity contribution in [3.63, 3.8) is 0 Å². The molecule has 122 valence electrons. The lowest BCUT2D eigenvalue weighted by atomic mass is 10.0. The Balaban J connectivity index is 2.09. The van der Waals surface area contributed by atoms with Gasteiger partial charge in [-0.2, -0.15) is 0 Å². The fourth-order valence-corrected chi connectivity index (χ4v) is 2.33. The number of hydrogen-bond donors (Lipinski definition) is 2. The molecule has 5 heteroatoms. The molecule has 1 atom stereocenters. The number of furan rings is 1. The molecule has 2 rings (SSSR count). The van der Waals surface area contributed by atoms with Gasteiger partial charge in [0.05, 0.1) is 0 Å². The van der Waals surface area contributed by atoms with Gasteiger partial charge in [-0.25, -0.2) is 0 Å². The van der Waals surface area contributed by atoms with Crippen LogP contribution in [0.2, 0.25) is 0 Å². The summed E-state index contributed by atoms with van der Waals surface area (Å²) >= 11 is 0. The van der Waals surface area contributed by atoms with E-state index in [1.54, 1.807) is 12.1 Å². The summed E-state index contributed by atoms with van der Waals surface area (Å²) in [7, 11) is 0. The minimum atomic E-state index is -0.658. The zero-order chi connectivity index (χ0) is 17.0. The number of nitrogens with one attached hydrogen (secondary N) is 1. The smallest absolute Gasteiger partial charge is 0.251 e. The zero-order valence-electron chi connectivity index (χ0n) is 13.6. The molecule has 3 N–H and O–H groups in total. The van der Waals surface area contributed by atoms with Gasteiger partial charge >= 0.3 is 0 Å². The quantitative estimate of drug-likeness (QED) is 0.859. The van der Waals surface area contributed by atoms with Gasteiger partial charge in [0, 0.05) is 11.1 Å². The lowest BCUT2D eigenvalue weighted by Gasteiger charge is -2.17. The van der Waals surface area contributed by atoms with Crippen molar-refractivity contribution in [1.82, 2.24) is 5.32 Å². The van der Waals surface area contributed by atoms with Crippen molar-refractivity contribution in [3.8, 4) is 11.3 Å². The van der Waals surface area contributed by atoms with E-state index in [1.165, 1.54) is 0 Å². The van der Waals surface area contributed by atoms with E-state index in [1.807, 2.05) is 45.0 Å². The third-order valence-electron chi connectivity index (χ3n) is 3.53. The van der Waals surface area contributed by atoms with Crippen LogP contribution >= 0.6 is 0 Å². The zero-order valence-corrected chi connectivity index (χ0v) is 13.6. The molecule has 2 amide bonds. The van der Waals surface area contributed by atoms with Crippen molar-refractivity contribution in [2.45, 2.75) is 33.2 Å². The van der Waals surface area contributed by atoms with Gasteiger partial charge in [0.2, 0.25) is 5.91 Å². The molecule has 0 saturated carbocycles. The van der Waals surface area contributed by atoms with Crippen molar-refractivity contribution < 1.29 is 14.0 Å². The third kappa shape index (κ3) is 4.45. The molecule has 0 aliphatic carbocycles. The van der Waals surface area contributed by atoms with Gasteiger partial charge in [0.1, 0.15) is 17.6 Å². The maximum absolute atomic E-state index is 12.3. The van der Waals surface area contributed by atoms with Gasteiger partial charge < -0.3 is 15.5 Å². The van der Waals surface area contributed by atoms with Gasteiger partial charge in [0.15, 0.2) is 0 Å². The van der Waals surface area contributed by atoms with Crippen LogP contribution in [0.25, 0.3) is 11.3 Å². The summed E-state index contributed by atoms with van der Waals surface area (Å²) < 4.78 is 5.55. The highest BCUT2D eigenvalue weighted by atomic mass is 16.3. The summed E-state index contributed by atoms with van der Waals surface area (Å²) in [5, 5.41) is 2.69. The Morgan fingerprint density at radius 3 is 2.26 bits per heavy atom. The number of carbonyl (C=O) groups excluding carboxylic acids is 2. The summed E-state index contributed by atoms with van der Waals surface area (Å²) in [4.78, 5) is 23.7. The molecule has 0 saturated heterocycles. The molecule has 5 nitrogen and oxygen atoms in total. The molecule has 0 aliphatic rings. The van der Waals surface area contributed by atoms with Crippen LogP contribution in [0.15, 0.2) is 40.8 Å². The highest BCUT2D eigenvalue weighted by molar-refractivity contribution is 5.97. The Morgan fingerprint density at radius 1 is 1.13 bits per heavy atom. The molecule has 0 unspecified atom stereocenters. The molecule has 2 aromatic rings. The average Bonchev–Trinajstić information content (AvgIpc) is 2.92. The normalized spacial score (nSPS) is 12.2. The van der Waals surface area contributed by atoms with Gasteiger partial charge in [0.25, 0.3) is 5.91 Å². The van der Waals surface area contributed by atoms with Crippen molar-refractivity contribution >= 4 is 11.8 Å². The topological polar surface area (TPSA) is 85.3 Å². The van der Waals surface area contributed by atoms with Crippen molar-refractivity contribution in [1.29, 1.82) is 0 Å². The standard InChI is InChI=1S/C18H22N2O3/c1-11(2)10-15(17(19)21)20-18(22)14-7-5-13(6-8-14)16-9-4-12(3)23-16/h4-9,11,15H,10H2,1-3H3,(H2,19,21)(H,20,22)/t15-/m0/s1. The van der Waals surface area contributed by atoms with Crippen LogP contribution in [0.4, 0.5) is 0 Å². The Hall–Kier alpha value is -2.56. The van der Waals surface area contributed by atoms with Crippen molar-refractivity contribution in [2.24, 2.45) is 11.7 Å². The Bertz CT molecular complexity index is 687. The second-order valence-electron chi connectivity index (χ2n) is 6.05. The monoisotopic (exact) mass is 314 g/mol. The van der Waals surface area contributed by atoms with Crippen LogP contribution in [0.1, 0.15) is 36.4 Å². The Morgan fingerprint density at radius 2 is 1.78 bits per heavy atom. The van der Waals surface area contributed by atoms with Crippen LogP contribution < -0.4 is 11.1 Å². The second kappa shape index (κ2) is 7.13. The number of benzene rings is 1. The molecule has 0 bridgehead atoms. The van der Waals surface area contributed by atoms with Crippen LogP contribution in [-0.4, -0.2) is 17.9 Å². The van der Waals surface area contributed by atoms with Gasteiger partial charge in [-0.3, -0.25) is 9.59 Å². The molecule has 0 aliphatic heterocycles. The summed E-state index contributed by atoms with van der Waals surface area (Å²) in [6.45, 7) is 5.83. The Kier molecular flexibility index (Phi) is 5.21. The van der Waals surface area contributed by atoms with E-state index >= 15 is 0 Å². The number of primary amides is 1. The lowest BCUT2D eigenvalue weighted by Crippen LogP contribution is -2.45. The minimum absolute atomic E-state index is 0.261. The number of hydrogen-bond acceptors (Lipinski definition) is 3. The van der Waals surface area contributed by atoms with Crippen LogP contribution in [0.3, 0.4) is 0 Å². The lowest BCUT2D eigenvalue weighted by molar-refractivity contribution is -0.120. The summed E-state index contributed by atoms with van der Waals surface area (Å²) in [6, 6.07) is 10.2. The highest BCUT2D eigenvalue weighted by Crippen LogP contribution is 2.22. The minimum Gasteiger partial charge on any atom is -0.461 e. The number of carbonyl (C=O) groups is 2. The fraction of sp³-hybridized carbons (Fsp3) is 0.333.